The molecule has 0 aromatic heterocycles. The normalized spacial score (nSPS) is 16.0. The fourth-order valence-corrected chi connectivity index (χ4v) is 1.58. The Morgan fingerprint density at radius 1 is 1.23 bits per heavy atom. The second-order valence-corrected chi connectivity index (χ2v) is 3.11. The molecule has 0 saturated carbocycles. The minimum atomic E-state index is 0.399. The largest absolute Gasteiger partial charge is 0.368 e. The van der Waals surface area contributed by atoms with Crippen molar-refractivity contribution in [3.63, 3.8) is 0 Å². The number of hydrogen-bond donors (Lipinski definition) is 2. The van der Waals surface area contributed by atoms with Gasteiger partial charge < -0.3 is 16.5 Å². The third-order valence-electron chi connectivity index (χ3n) is 2.30. The summed E-state index contributed by atoms with van der Waals surface area (Å²) >= 11 is 0. The highest BCUT2D eigenvalue weighted by Gasteiger charge is 2.19. The first kappa shape index (κ1) is 7.91. The fourth-order valence-electron chi connectivity index (χ4n) is 1.58. The van der Waals surface area contributed by atoms with Crippen LogP contribution in [-0.2, 0) is 13.1 Å². The van der Waals surface area contributed by atoms with Crippen molar-refractivity contribution in [3.8, 4) is 0 Å². The van der Waals surface area contributed by atoms with E-state index in [1.807, 2.05) is 17.0 Å². The predicted octanol–water partition coefficient (Wildman–Crippen LogP) is 0.191. The van der Waals surface area contributed by atoms with Gasteiger partial charge in [-0.05, 0) is 11.1 Å². The molecular formula is C9H12N4. The zero-order chi connectivity index (χ0) is 9.26. The summed E-state index contributed by atoms with van der Waals surface area (Å²) in [7, 11) is 0. The Morgan fingerprint density at radius 2 is 1.77 bits per heavy atom. The van der Waals surface area contributed by atoms with E-state index in [-0.39, 0.29) is 0 Å². The first-order valence-electron chi connectivity index (χ1n) is 4.16. The van der Waals surface area contributed by atoms with Crippen LogP contribution in [0.4, 0.5) is 0 Å². The minimum absolute atomic E-state index is 0.399. The lowest BCUT2D eigenvalue weighted by Crippen LogP contribution is -2.33. The van der Waals surface area contributed by atoms with Gasteiger partial charge in [0.15, 0.2) is 0 Å². The van der Waals surface area contributed by atoms with Crippen LogP contribution in [0.15, 0.2) is 29.4 Å². The first-order valence-corrected chi connectivity index (χ1v) is 4.16. The number of fused-ring (bicyclic) bond motifs is 1. The van der Waals surface area contributed by atoms with E-state index in [1.54, 1.807) is 0 Å². The van der Waals surface area contributed by atoms with E-state index < -0.39 is 0 Å². The number of hydrazone groups is 1. The standard InChI is InChI=1S/C9H12N4/c10-9(12-11)13-5-7-3-1-2-4-8(7)6-13/h1-4H,5-6,11H2,(H2,10,12). The van der Waals surface area contributed by atoms with Crippen LogP contribution in [0, 0.1) is 0 Å². The van der Waals surface area contributed by atoms with Gasteiger partial charge in [0.05, 0.1) is 0 Å². The van der Waals surface area contributed by atoms with E-state index in [4.69, 9.17) is 11.6 Å². The SMILES string of the molecule is NN=C(N)N1Cc2ccccc2C1. The molecule has 4 heteroatoms. The van der Waals surface area contributed by atoms with E-state index in [1.165, 1.54) is 11.1 Å². The van der Waals surface area contributed by atoms with Crippen molar-refractivity contribution < 1.29 is 0 Å². The Morgan fingerprint density at radius 3 is 2.23 bits per heavy atom. The summed E-state index contributed by atoms with van der Waals surface area (Å²) in [5, 5.41) is 3.47. The maximum absolute atomic E-state index is 5.61. The molecule has 1 aromatic rings. The van der Waals surface area contributed by atoms with Crippen LogP contribution in [0.25, 0.3) is 0 Å². The number of rotatable bonds is 0. The molecule has 0 unspecified atom stereocenters. The van der Waals surface area contributed by atoms with Gasteiger partial charge in [0, 0.05) is 13.1 Å². The van der Waals surface area contributed by atoms with Crippen molar-refractivity contribution in [3.05, 3.63) is 35.4 Å². The van der Waals surface area contributed by atoms with E-state index in [9.17, 15) is 0 Å². The molecule has 0 fully saturated rings. The lowest BCUT2D eigenvalue weighted by molar-refractivity contribution is 0.440. The molecule has 0 radical (unpaired) electrons. The molecule has 1 aromatic carbocycles. The second kappa shape index (κ2) is 2.97. The number of nitrogens with two attached hydrogens (primary N) is 2. The van der Waals surface area contributed by atoms with Gasteiger partial charge in [-0.3, -0.25) is 0 Å². The fraction of sp³-hybridized carbons (Fsp3) is 0.222. The molecule has 0 bridgehead atoms. The molecule has 1 heterocycles. The van der Waals surface area contributed by atoms with Gasteiger partial charge in [-0.2, -0.15) is 0 Å². The molecule has 4 N–H and O–H groups in total. The smallest absolute Gasteiger partial charge is 0.214 e. The summed E-state index contributed by atoms with van der Waals surface area (Å²) in [6.07, 6.45) is 0. The number of benzene rings is 1. The van der Waals surface area contributed by atoms with Crippen LogP contribution in [0.3, 0.4) is 0 Å². The highest BCUT2D eigenvalue weighted by Crippen LogP contribution is 2.21. The van der Waals surface area contributed by atoms with Gasteiger partial charge in [0.25, 0.3) is 0 Å². The quantitative estimate of drug-likeness (QED) is 0.256. The van der Waals surface area contributed by atoms with Crippen LogP contribution in [-0.4, -0.2) is 10.9 Å². The van der Waals surface area contributed by atoms with Crippen molar-refractivity contribution in [2.75, 3.05) is 0 Å². The Kier molecular flexibility index (Phi) is 1.81. The maximum atomic E-state index is 5.61. The number of hydrogen-bond acceptors (Lipinski definition) is 2. The topological polar surface area (TPSA) is 67.6 Å². The predicted molar refractivity (Wildman–Crippen MR) is 51.5 cm³/mol. The molecule has 1 aliphatic rings. The zero-order valence-corrected chi connectivity index (χ0v) is 7.27. The number of nitrogens with zero attached hydrogens (tertiary/aromatic N) is 2. The van der Waals surface area contributed by atoms with E-state index in [0.29, 0.717) is 5.96 Å². The molecule has 68 valence electrons. The van der Waals surface area contributed by atoms with Gasteiger partial charge in [0.2, 0.25) is 5.96 Å². The second-order valence-electron chi connectivity index (χ2n) is 3.11. The minimum Gasteiger partial charge on any atom is -0.368 e. The molecule has 0 aliphatic carbocycles. The molecule has 2 rings (SSSR count). The summed E-state index contributed by atoms with van der Waals surface area (Å²) in [6, 6.07) is 8.24. The Hall–Kier alpha value is -1.71. The molecule has 0 spiro atoms. The van der Waals surface area contributed by atoms with Gasteiger partial charge in [-0.15, -0.1) is 5.10 Å². The molecule has 4 nitrogen and oxygen atoms in total. The molecule has 0 atom stereocenters. The lowest BCUT2D eigenvalue weighted by Gasteiger charge is -2.14. The maximum Gasteiger partial charge on any atom is 0.214 e. The molecule has 1 aliphatic heterocycles. The molecule has 0 amide bonds. The Bertz CT molecular complexity index is 320. The van der Waals surface area contributed by atoms with E-state index in [2.05, 4.69) is 17.2 Å². The Labute approximate surface area is 76.8 Å². The Balaban J connectivity index is 2.23. The van der Waals surface area contributed by atoms with Crippen molar-refractivity contribution in [2.45, 2.75) is 13.1 Å². The summed E-state index contributed by atoms with van der Waals surface area (Å²) in [5.41, 5.74) is 8.21. The molecule has 0 saturated heterocycles. The van der Waals surface area contributed by atoms with Crippen molar-refractivity contribution in [1.82, 2.24) is 4.90 Å². The summed E-state index contributed by atoms with van der Waals surface area (Å²) < 4.78 is 0. The average molecular weight is 176 g/mol. The third kappa shape index (κ3) is 1.30. The first-order chi connectivity index (χ1) is 6.31. The van der Waals surface area contributed by atoms with Crippen LogP contribution >= 0.6 is 0 Å². The third-order valence-corrected chi connectivity index (χ3v) is 2.30. The average Bonchev–Trinajstić information content (AvgIpc) is 2.59. The number of guanidine groups is 1. The van der Waals surface area contributed by atoms with Crippen molar-refractivity contribution >= 4 is 5.96 Å². The monoisotopic (exact) mass is 176 g/mol. The van der Waals surface area contributed by atoms with Gasteiger partial charge in [0.1, 0.15) is 0 Å². The van der Waals surface area contributed by atoms with Crippen LogP contribution in [0.2, 0.25) is 0 Å². The highest BCUT2D eigenvalue weighted by molar-refractivity contribution is 5.78. The summed E-state index contributed by atoms with van der Waals surface area (Å²) in [6.45, 7) is 1.62. The molecular weight excluding hydrogens is 164 g/mol. The van der Waals surface area contributed by atoms with Gasteiger partial charge in [-0.25, -0.2) is 0 Å². The van der Waals surface area contributed by atoms with Gasteiger partial charge >= 0.3 is 0 Å². The zero-order valence-electron chi connectivity index (χ0n) is 7.27. The van der Waals surface area contributed by atoms with Crippen LogP contribution in [0.1, 0.15) is 11.1 Å². The molecule has 13 heavy (non-hydrogen) atoms. The highest BCUT2D eigenvalue weighted by atomic mass is 15.3. The van der Waals surface area contributed by atoms with Crippen molar-refractivity contribution in [2.24, 2.45) is 16.7 Å². The van der Waals surface area contributed by atoms with E-state index >= 15 is 0 Å². The van der Waals surface area contributed by atoms with Crippen LogP contribution in [0.5, 0.6) is 0 Å². The summed E-state index contributed by atoms with van der Waals surface area (Å²) in [4.78, 5) is 1.95. The summed E-state index contributed by atoms with van der Waals surface area (Å²) in [5.74, 6) is 5.51. The van der Waals surface area contributed by atoms with Gasteiger partial charge in [-0.1, -0.05) is 24.3 Å². The van der Waals surface area contributed by atoms with Crippen molar-refractivity contribution in [1.29, 1.82) is 0 Å². The van der Waals surface area contributed by atoms with E-state index in [0.717, 1.165) is 13.1 Å². The lowest BCUT2D eigenvalue weighted by atomic mass is 10.1. The van der Waals surface area contributed by atoms with Crippen LogP contribution < -0.4 is 11.6 Å².